The first kappa shape index (κ1) is 22.6. The number of carbonyl (C=O) groups is 1. The standard InChI is InChI=1S/C29H28N4O2/c1-19-13-20(2)25(21(3)14-19)17-32-26-12-8-7-11-23(26)24-16-31-33(29(35)28(24)32)18-27(34)30-15-22-9-5-4-6-10-22/h4-14,16H,15,17-18H2,1-3H3,(H,30,34). The van der Waals surface area contributed by atoms with E-state index in [1.165, 1.54) is 26.9 Å². The van der Waals surface area contributed by atoms with Crippen LogP contribution in [0.25, 0.3) is 21.8 Å². The molecule has 0 aliphatic carbocycles. The number of nitrogens with one attached hydrogen (secondary N) is 1. The van der Waals surface area contributed by atoms with Crippen LogP contribution in [0.15, 0.2) is 77.7 Å². The van der Waals surface area contributed by atoms with Gasteiger partial charge in [0, 0.05) is 29.4 Å². The minimum absolute atomic E-state index is 0.133. The molecule has 0 atom stereocenters. The number of rotatable bonds is 6. The summed E-state index contributed by atoms with van der Waals surface area (Å²) in [6, 6.07) is 22.0. The quantitative estimate of drug-likeness (QED) is 0.398. The Morgan fingerprint density at radius 3 is 2.34 bits per heavy atom. The van der Waals surface area contributed by atoms with Crippen LogP contribution in [-0.4, -0.2) is 20.3 Å². The van der Waals surface area contributed by atoms with Crippen molar-refractivity contribution in [2.24, 2.45) is 0 Å². The summed E-state index contributed by atoms with van der Waals surface area (Å²) in [5.74, 6) is -0.254. The molecule has 0 spiro atoms. The molecule has 0 saturated carbocycles. The number of para-hydroxylation sites is 1. The van der Waals surface area contributed by atoms with E-state index in [2.05, 4.69) is 47.9 Å². The van der Waals surface area contributed by atoms with E-state index < -0.39 is 0 Å². The van der Waals surface area contributed by atoms with E-state index in [0.717, 1.165) is 21.9 Å². The van der Waals surface area contributed by atoms with E-state index in [1.54, 1.807) is 6.20 Å². The Kier molecular flexibility index (Phi) is 5.95. The molecule has 0 aliphatic heterocycles. The molecule has 5 rings (SSSR count). The molecule has 1 N–H and O–H groups in total. The van der Waals surface area contributed by atoms with Crippen molar-refractivity contribution in [1.29, 1.82) is 0 Å². The maximum absolute atomic E-state index is 13.6. The molecule has 0 radical (unpaired) electrons. The lowest BCUT2D eigenvalue weighted by atomic mass is 10.00. The summed E-state index contributed by atoms with van der Waals surface area (Å²) >= 11 is 0. The van der Waals surface area contributed by atoms with Gasteiger partial charge in [-0.3, -0.25) is 9.59 Å². The highest BCUT2D eigenvalue weighted by atomic mass is 16.2. The summed E-state index contributed by atoms with van der Waals surface area (Å²) in [5, 5.41) is 9.01. The molecule has 0 saturated heterocycles. The van der Waals surface area contributed by atoms with Gasteiger partial charge in [-0.2, -0.15) is 5.10 Å². The fraction of sp³-hybridized carbons (Fsp3) is 0.207. The second-order valence-corrected chi connectivity index (χ2v) is 9.11. The molecule has 6 nitrogen and oxygen atoms in total. The van der Waals surface area contributed by atoms with Crippen molar-refractivity contribution < 1.29 is 4.79 Å². The lowest BCUT2D eigenvalue weighted by molar-refractivity contribution is -0.122. The Bertz CT molecular complexity index is 1590. The predicted molar refractivity (Wildman–Crippen MR) is 140 cm³/mol. The van der Waals surface area contributed by atoms with E-state index in [4.69, 9.17) is 0 Å². The van der Waals surface area contributed by atoms with Crippen LogP contribution >= 0.6 is 0 Å². The summed E-state index contributed by atoms with van der Waals surface area (Å²) in [6.07, 6.45) is 1.70. The van der Waals surface area contributed by atoms with Crippen LogP contribution in [0.2, 0.25) is 0 Å². The number of aryl methyl sites for hydroxylation is 3. The summed E-state index contributed by atoms with van der Waals surface area (Å²) < 4.78 is 3.32. The van der Waals surface area contributed by atoms with Gasteiger partial charge in [-0.15, -0.1) is 0 Å². The lowest BCUT2D eigenvalue weighted by Gasteiger charge is -2.14. The average Bonchev–Trinajstić information content (AvgIpc) is 3.16. The molecule has 0 unspecified atom stereocenters. The largest absolute Gasteiger partial charge is 0.350 e. The molecule has 2 heterocycles. The number of nitrogens with zero attached hydrogens (tertiary/aromatic N) is 3. The van der Waals surface area contributed by atoms with Gasteiger partial charge in [-0.1, -0.05) is 66.2 Å². The van der Waals surface area contributed by atoms with Crippen LogP contribution in [0.3, 0.4) is 0 Å². The van der Waals surface area contributed by atoms with Crippen molar-refractivity contribution in [2.75, 3.05) is 0 Å². The van der Waals surface area contributed by atoms with Crippen molar-refractivity contribution in [3.63, 3.8) is 0 Å². The van der Waals surface area contributed by atoms with Crippen LogP contribution < -0.4 is 10.9 Å². The lowest BCUT2D eigenvalue weighted by Crippen LogP contribution is -2.33. The maximum atomic E-state index is 13.6. The number of hydrogen-bond donors (Lipinski definition) is 1. The molecule has 3 aromatic carbocycles. The van der Waals surface area contributed by atoms with Crippen LogP contribution in [0.1, 0.15) is 27.8 Å². The zero-order valence-electron chi connectivity index (χ0n) is 20.2. The van der Waals surface area contributed by atoms with Crippen LogP contribution in [-0.2, 0) is 24.4 Å². The minimum Gasteiger partial charge on any atom is -0.350 e. The molecular weight excluding hydrogens is 436 g/mol. The SMILES string of the molecule is Cc1cc(C)c(Cn2c3ccccc3c3cnn(CC(=O)NCc4ccccc4)c(=O)c32)c(C)c1. The topological polar surface area (TPSA) is 68.9 Å². The Hall–Kier alpha value is -4.19. The van der Waals surface area contributed by atoms with E-state index in [9.17, 15) is 9.59 Å². The molecule has 2 aromatic heterocycles. The fourth-order valence-electron chi connectivity index (χ4n) is 4.88. The van der Waals surface area contributed by atoms with E-state index in [0.29, 0.717) is 18.6 Å². The summed E-state index contributed by atoms with van der Waals surface area (Å²) in [7, 11) is 0. The molecule has 0 aliphatic rings. The van der Waals surface area contributed by atoms with E-state index >= 15 is 0 Å². The highest BCUT2D eigenvalue weighted by molar-refractivity contribution is 6.07. The Balaban J connectivity index is 1.55. The van der Waals surface area contributed by atoms with E-state index in [1.807, 2.05) is 54.6 Å². The van der Waals surface area contributed by atoms with Crippen molar-refractivity contribution in [3.8, 4) is 0 Å². The number of aromatic nitrogens is 3. The minimum atomic E-state index is -0.268. The van der Waals surface area contributed by atoms with Crippen molar-refractivity contribution in [2.45, 2.75) is 40.4 Å². The maximum Gasteiger partial charge on any atom is 0.291 e. The van der Waals surface area contributed by atoms with Gasteiger partial charge in [0.05, 0.1) is 6.20 Å². The second kappa shape index (κ2) is 9.22. The van der Waals surface area contributed by atoms with Crippen LogP contribution in [0, 0.1) is 20.8 Å². The van der Waals surface area contributed by atoms with Gasteiger partial charge in [-0.05, 0) is 49.1 Å². The Morgan fingerprint density at radius 1 is 0.914 bits per heavy atom. The number of carbonyl (C=O) groups excluding carboxylic acids is 1. The summed E-state index contributed by atoms with van der Waals surface area (Å²) in [4.78, 5) is 26.3. The number of benzene rings is 3. The second-order valence-electron chi connectivity index (χ2n) is 9.11. The molecule has 6 heteroatoms. The molecule has 176 valence electrons. The third kappa shape index (κ3) is 4.35. The van der Waals surface area contributed by atoms with Crippen molar-refractivity contribution in [1.82, 2.24) is 19.7 Å². The van der Waals surface area contributed by atoms with Crippen LogP contribution in [0.5, 0.6) is 0 Å². The number of amides is 1. The van der Waals surface area contributed by atoms with Gasteiger partial charge < -0.3 is 9.88 Å². The highest BCUT2D eigenvalue weighted by Gasteiger charge is 2.18. The van der Waals surface area contributed by atoms with E-state index in [-0.39, 0.29) is 18.0 Å². The third-order valence-corrected chi connectivity index (χ3v) is 6.56. The Morgan fingerprint density at radius 2 is 1.60 bits per heavy atom. The van der Waals surface area contributed by atoms with Gasteiger partial charge in [-0.25, -0.2) is 4.68 Å². The molecule has 1 amide bonds. The first-order valence-electron chi connectivity index (χ1n) is 11.8. The van der Waals surface area contributed by atoms with Crippen molar-refractivity contribution in [3.05, 3.63) is 111 Å². The monoisotopic (exact) mass is 464 g/mol. The number of hydrogen-bond acceptors (Lipinski definition) is 3. The molecule has 35 heavy (non-hydrogen) atoms. The van der Waals surface area contributed by atoms with Gasteiger partial charge in [0.1, 0.15) is 12.1 Å². The first-order valence-corrected chi connectivity index (χ1v) is 11.8. The molecular formula is C29H28N4O2. The normalized spacial score (nSPS) is 11.3. The van der Waals surface area contributed by atoms with Crippen molar-refractivity contribution >= 4 is 27.7 Å². The number of fused-ring (bicyclic) bond motifs is 3. The van der Waals surface area contributed by atoms with Crippen LogP contribution in [0.4, 0.5) is 0 Å². The predicted octanol–water partition coefficient (Wildman–Crippen LogP) is 4.64. The fourth-order valence-corrected chi connectivity index (χ4v) is 4.88. The summed E-state index contributed by atoms with van der Waals surface area (Å²) in [5.41, 5.74) is 7.09. The average molecular weight is 465 g/mol. The van der Waals surface area contributed by atoms with Gasteiger partial charge in [0.15, 0.2) is 0 Å². The smallest absolute Gasteiger partial charge is 0.291 e. The summed E-state index contributed by atoms with van der Waals surface area (Å²) in [6.45, 7) is 7.16. The van der Waals surface area contributed by atoms with Gasteiger partial charge >= 0.3 is 0 Å². The third-order valence-electron chi connectivity index (χ3n) is 6.56. The highest BCUT2D eigenvalue weighted by Crippen LogP contribution is 2.28. The first-order chi connectivity index (χ1) is 16.9. The molecule has 0 bridgehead atoms. The molecule has 0 fully saturated rings. The van der Waals surface area contributed by atoms with Gasteiger partial charge in [0.2, 0.25) is 5.91 Å². The molecule has 5 aromatic rings. The van der Waals surface area contributed by atoms with Gasteiger partial charge in [0.25, 0.3) is 5.56 Å². The zero-order chi connectivity index (χ0) is 24.5. The zero-order valence-corrected chi connectivity index (χ0v) is 20.2. The Labute approximate surface area is 203 Å².